The van der Waals surface area contributed by atoms with Crippen LogP contribution in [-0.4, -0.2) is 23.9 Å². The Balaban J connectivity index is 0.00000208. The van der Waals surface area contributed by atoms with Gasteiger partial charge in [-0.05, 0) is 55.7 Å². The van der Waals surface area contributed by atoms with E-state index in [9.17, 15) is 9.18 Å². The predicted molar refractivity (Wildman–Crippen MR) is 99.4 cm³/mol. The van der Waals surface area contributed by atoms with Crippen LogP contribution in [0.3, 0.4) is 0 Å². The molecule has 0 aromatic heterocycles. The summed E-state index contributed by atoms with van der Waals surface area (Å²) in [6, 6.07) is 5.11. The molecule has 1 aromatic rings. The van der Waals surface area contributed by atoms with E-state index in [2.05, 4.69) is 15.9 Å². The number of hydrogen-bond donors (Lipinski definition) is 1. The van der Waals surface area contributed by atoms with E-state index in [1.54, 1.807) is 24.1 Å². The zero-order chi connectivity index (χ0) is 16.6. The largest absolute Gasteiger partial charge is 0.341 e. The zero-order valence-corrected chi connectivity index (χ0v) is 16.3. The number of hydrogen-bond acceptors (Lipinski definition) is 2. The molecule has 24 heavy (non-hydrogen) atoms. The van der Waals surface area contributed by atoms with Crippen molar-refractivity contribution in [3.05, 3.63) is 34.1 Å². The average Bonchev–Trinajstić information content (AvgIpc) is 2.50. The fourth-order valence-corrected chi connectivity index (χ4v) is 4.71. The maximum absolute atomic E-state index is 13.9. The summed E-state index contributed by atoms with van der Waals surface area (Å²) in [5.41, 5.74) is 6.85. The Morgan fingerprint density at radius 1 is 1.33 bits per heavy atom. The molecule has 3 nitrogen and oxygen atoms in total. The lowest BCUT2D eigenvalue weighted by molar-refractivity contribution is -0.137. The molecular formula is C18H25BrClFN2O. The third-order valence-corrected chi connectivity index (χ3v) is 6.05. The van der Waals surface area contributed by atoms with Crippen LogP contribution < -0.4 is 5.73 Å². The van der Waals surface area contributed by atoms with Crippen molar-refractivity contribution in [2.45, 2.75) is 44.7 Å². The number of rotatable bonds is 3. The standard InChI is InChI=1S/C18H24BrFN2O.ClH/c1-22(10-14-9-15(19)5-6-16(14)20)18(23)13-7-11-3-2-4-12(8-13)17(11)21;/h5-6,9,11-13,17H,2-4,7-8,10,21H2,1H3;1H. The molecule has 2 unspecified atom stereocenters. The van der Waals surface area contributed by atoms with E-state index in [0.29, 0.717) is 23.9 Å². The third kappa shape index (κ3) is 4.12. The summed E-state index contributed by atoms with van der Waals surface area (Å²) in [6.45, 7) is 0.308. The van der Waals surface area contributed by atoms with Gasteiger partial charge in [-0.3, -0.25) is 4.79 Å². The fourth-order valence-electron chi connectivity index (χ4n) is 4.30. The van der Waals surface area contributed by atoms with Crippen LogP contribution in [0.1, 0.15) is 37.7 Å². The van der Waals surface area contributed by atoms with E-state index in [0.717, 1.165) is 30.2 Å². The van der Waals surface area contributed by atoms with E-state index >= 15 is 0 Å². The maximum atomic E-state index is 13.9. The van der Waals surface area contributed by atoms with Crippen molar-refractivity contribution < 1.29 is 9.18 Å². The van der Waals surface area contributed by atoms with E-state index < -0.39 is 0 Å². The van der Waals surface area contributed by atoms with Gasteiger partial charge >= 0.3 is 0 Å². The second kappa shape index (κ2) is 8.15. The van der Waals surface area contributed by atoms with Crippen LogP contribution in [-0.2, 0) is 11.3 Å². The van der Waals surface area contributed by atoms with Crippen LogP contribution in [0.4, 0.5) is 4.39 Å². The third-order valence-electron chi connectivity index (χ3n) is 5.55. The number of benzene rings is 1. The van der Waals surface area contributed by atoms with Crippen LogP contribution in [0.5, 0.6) is 0 Å². The van der Waals surface area contributed by atoms with Gasteiger partial charge in [0.2, 0.25) is 5.91 Å². The number of carbonyl (C=O) groups is 1. The Bertz CT molecular complexity index is 586. The maximum Gasteiger partial charge on any atom is 0.225 e. The van der Waals surface area contributed by atoms with Crippen LogP contribution in [0.25, 0.3) is 0 Å². The number of amides is 1. The van der Waals surface area contributed by atoms with Crippen LogP contribution in [0, 0.1) is 23.6 Å². The number of nitrogens with two attached hydrogens (primary N) is 1. The first-order chi connectivity index (χ1) is 11.0. The highest BCUT2D eigenvalue weighted by Gasteiger charge is 2.41. The summed E-state index contributed by atoms with van der Waals surface area (Å²) in [5, 5.41) is 0. The van der Waals surface area contributed by atoms with Crippen LogP contribution >= 0.6 is 28.3 Å². The van der Waals surface area contributed by atoms with Gasteiger partial charge in [0, 0.05) is 35.6 Å². The monoisotopic (exact) mass is 418 g/mol. The molecule has 6 heteroatoms. The van der Waals surface area contributed by atoms with E-state index in [1.807, 2.05) is 0 Å². The lowest BCUT2D eigenvalue weighted by atomic mass is 9.65. The van der Waals surface area contributed by atoms with E-state index in [-0.39, 0.29) is 36.1 Å². The molecule has 0 spiro atoms. The molecular weight excluding hydrogens is 395 g/mol. The highest BCUT2D eigenvalue weighted by Crippen LogP contribution is 2.42. The normalized spacial score (nSPS) is 28.8. The van der Waals surface area contributed by atoms with Crippen LogP contribution in [0.2, 0.25) is 0 Å². The molecule has 0 saturated heterocycles. The Kier molecular flexibility index (Phi) is 6.68. The summed E-state index contributed by atoms with van der Waals surface area (Å²) >= 11 is 3.36. The SMILES string of the molecule is CN(Cc1cc(Br)ccc1F)C(=O)C1CC2CCCC(C1)C2N.Cl. The van der Waals surface area contributed by atoms with Gasteiger partial charge in [-0.25, -0.2) is 4.39 Å². The average molecular weight is 420 g/mol. The molecule has 1 amide bonds. The van der Waals surface area contributed by atoms with Gasteiger partial charge in [0.05, 0.1) is 0 Å². The van der Waals surface area contributed by atoms with Gasteiger partial charge in [0.15, 0.2) is 0 Å². The molecule has 1 aromatic carbocycles. The highest BCUT2D eigenvalue weighted by molar-refractivity contribution is 9.10. The highest BCUT2D eigenvalue weighted by atomic mass is 79.9. The molecule has 134 valence electrons. The van der Waals surface area contributed by atoms with Gasteiger partial charge in [0.1, 0.15) is 5.82 Å². The minimum atomic E-state index is -0.268. The summed E-state index contributed by atoms with van der Waals surface area (Å²) in [5.74, 6) is 0.869. The van der Waals surface area contributed by atoms with Crippen molar-refractivity contribution in [3.8, 4) is 0 Å². The molecule has 2 N–H and O–H groups in total. The number of fused-ring (bicyclic) bond motifs is 2. The number of carbonyl (C=O) groups excluding carboxylic acids is 1. The molecule has 2 fully saturated rings. The van der Waals surface area contributed by atoms with Crippen molar-refractivity contribution in [2.24, 2.45) is 23.5 Å². The Morgan fingerprint density at radius 2 is 1.96 bits per heavy atom. The van der Waals surface area contributed by atoms with Gasteiger partial charge in [-0.1, -0.05) is 22.4 Å². The van der Waals surface area contributed by atoms with Crippen molar-refractivity contribution in [1.82, 2.24) is 4.90 Å². The van der Waals surface area contributed by atoms with Crippen molar-refractivity contribution >= 4 is 34.2 Å². The summed E-state index contributed by atoms with van der Waals surface area (Å²) in [7, 11) is 1.77. The molecule has 2 saturated carbocycles. The molecule has 0 heterocycles. The van der Waals surface area contributed by atoms with E-state index in [1.165, 1.54) is 12.5 Å². The second-order valence-electron chi connectivity index (χ2n) is 7.13. The van der Waals surface area contributed by atoms with E-state index in [4.69, 9.17) is 5.73 Å². The number of nitrogens with zero attached hydrogens (tertiary/aromatic N) is 1. The van der Waals surface area contributed by atoms with Crippen molar-refractivity contribution in [1.29, 1.82) is 0 Å². The fraction of sp³-hybridized carbons (Fsp3) is 0.611. The number of halogens is 3. The molecule has 0 radical (unpaired) electrons. The van der Waals surface area contributed by atoms with Gasteiger partial charge < -0.3 is 10.6 Å². The quantitative estimate of drug-likeness (QED) is 0.801. The molecule has 2 aliphatic carbocycles. The smallest absolute Gasteiger partial charge is 0.225 e. The molecule has 3 rings (SSSR count). The first-order valence-electron chi connectivity index (χ1n) is 8.40. The Hall–Kier alpha value is -0.650. The van der Waals surface area contributed by atoms with Crippen LogP contribution in [0.15, 0.2) is 22.7 Å². The molecule has 2 aliphatic rings. The summed E-state index contributed by atoms with van der Waals surface area (Å²) < 4.78 is 14.7. The second-order valence-corrected chi connectivity index (χ2v) is 8.04. The van der Waals surface area contributed by atoms with Crippen molar-refractivity contribution in [3.63, 3.8) is 0 Å². The van der Waals surface area contributed by atoms with Gasteiger partial charge in [-0.2, -0.15) is 0 Å². The molecule has 2 bridgehead atoms. The Morgan fingerprint density at radius 3 is 2.58 bits per heavy atom. The lowest BCUT2D eigenvalue weighted by Gasteiger charge is -2.44. The first kappa shape index (κ1) is 19.7. The summed E-state index contributed by atoms with van der Waals surface area (Å²) in [6.07, 6.45) is 5.31. The lowest BCUT2D eigenvalue weighted by Crippen LogP contribution is -2.49. The minimum absolute atomic E-state index is 0. The first-order valence-corrected chi connectivity index (χ1v) is 9.19. The van der Waals surface area contributed by atoms with Gasteiger partial charge in [0.25, 0.3) is 0 Å². The molecule has 0 aliphatic heterocycles. The van der Waals surface area contributed by atoms with Gasteiger partial charge in [-0.15, -0.1) is 12.4 Å². The molecule has 2 atom stereocenters. The predicted octanol–water partition coefficient (Wildman–Crippen LogP) is 4.12. The zero-order valence-electron chi connectivity index (χ0n) is 13.9. The Labute approximate surface area is 157 Å². The van der Waals surface area contributed by atoms with Crippen molar-refractivity contribution in [2.75, 3.05) is 7.05 Å². The topological polar surface area (TPSA) is 46.3 Å². The summed E-state index contributed by atoms with van der Waals surface area (Å²) in [4.78, 5) is 14.5. The minimum Gasteiger partial charge on any atom is -0.341 e.